The molecule has 0 unspecified atom stereocenters. The van der Waals surface area contributed by atoms with Crippen molar-refractivity contribution in [2.75, 3.05) is 33.9 Å². The highest BCUT2D eigenvalue weighted by atomic mass is 32.2. The van der Waals surface area contributed by atoms with E-state index in [9.17, 15) is 8.42 Å². The molecule has 0 aliphatic carbocycles. The fraction of sp³-hybridized carbons (Fsp3) is 0.500. The average Bonchev–Trinajstić information content (AvgIpc) is 2.44. The van der Waals surface area contributed by atoms with Gasteiger partial charge in [0.2, 0.25) is 10.0 Å². The summed E-state index contributed by atoms with van der Waals surface area (Å²) in [6, 6.07) is 8.05. The van der Waals surface area contributed by atoms with Gasteiger partial charge in [-0.05, 0) is 12.1 Å². The number of benzene rings is 1. The van der Waals surface area contributed by atoms with Crippen LogP contribution >= 0.6 is 0 Å². The van der Waals surface area contributed by atoms with Gasteiger partial charge in [0.1, 0.15) is 0 Å². The van der Waals surface area contributed by atoms with E-state index in [-0.39, 0.29) is 24.6 Å². The summed E-state index contributed by atoms with van der Waals surface area (Å²) in [5.74, 6) is 0. The third kappa shape index (κ3) is 4.26. The molecule has 0 saturated carbocycles. The highest BCUT2D eigenvalue weighted by Gasteiger charge is 2.26. The Morgan fingerprint density at radius 1 is 1.21 bits per heavy atom. The van der Waals surface area contributed by atoms with E-state index < -0.39 is 16.3 Å². The van der Waals surface area contributed by atoms with E-state index >= 15 is 0 Å². The standard InChI is InChI=1S/C12H19NO5S/c1-17-12(18-2)10-13(8-9-14)19(15,16)11-6-4-3-5-7-11/h3-7,12,14H,8-10H2,1-2H3. The zero-order valence-corrected chi connectivity index (χ0v) is 11.8. The molecule has 1 aromatic carbocycles. The predicted molar refractivity (Wildman–Crippen MR) is 70.1 cm³/mol. The molecular weight excluding hydrogens is 270 g/mol. The molecule has 108 valence electrons. The van der Waals surface area contributed by atoms with Gasteiger partial charge in [-0.2, -0.15) is 4.31 Å². The minimum Gasteiger partial charge on any atom is -0.395 e. The molecule has 6 nitrogen and oxygen atoms in total. The van der Waals surface area contributed by atoms with Crippen LogP contribution in [0.2, 0.25) is 0 Å². The molecule has 0 atom stereocenters. The van der Waals surface area contributed by atoms with E-state index in [0.717, 1.165) is 4.31 Å². The normalized spacial score (nSPS) is 12.3. The van der Waals surface area contributed by atoms with E-state index in [4.69, 9.17) is 14.6 Å². The molecule has 19 heavy (non-hydrogen) atoms. The van der Waals surface area contributed by atoms with Crippen molar-refractivity contribution in [2.45, 2.75) is 11.2 Å². The molecule has 0 aliphatic heterocycles. The molecule has 0 aliphatic rings. The van der Waals surface area contributed by atoms with Crippen LogP contribution in [0, 0.1) is 0 Å². The summed E-state index contributed by atoms with van der Waals surface area (Å²) < 4.78 is 35.9. The van der Waals surface area contributed by atoms with E-state index in [1.54, 1.807) is 18.2 Å². The van der Waals surface area contributed by atoms with Gasteiger partial charge in [0, 0.05) is 20.8 Å². The van der Waals surface area contributed by atoms with Crippen molar-refractivity contribution >= 4 is 10.0 Å². The lowest BCUT2D eigenvalue weighted by molar-refractivity contribution is -0.108. The van der Waals surface area contributed by atoms with Gasteiger partial charge >= 0.3 is 0 Å². The molecule has 0 heterocycles. The topological polar surface area (TPSA) is 76.1 Å². The van der Waals surface area contributed by atoms with Gasteiger partial charge in [0.05, 0.1) is 18.0 Å². The zero-order valence-electron chi connectivity index (χ0n) is 11.0. The first-order valence-corrected chi connectivity index (χ1v) is 7.22. The molecule has 1 rings (SSSR count). The largest absolute Gasteiger partial charge is 0.395 e. The molecule has 0 fully saturated rings. The predicted octanol–water partition coefficient (Wildman–Crippen LogP) is 0.288. The Morgan fingerprint density at radius 2 is 1.79 bits per heavy atom. The quantitative estimate of drug-likeness (QED) is 0.696. The second-order valence-corrected chi connectivity index (χ2v) is 5.74. The van der Waals surface area contributed by atoms with Crippen molar-refractivity contribution in [1.29, 1.82) is 0 Å². The first kappa shape index (κ1) is 16.1. The number of aliphatic hydroxyl groups is 1. The summed E-state index contributed by atoms with van der Waals surface area (Å²) in [4.78, 5) is 0.175. The van der Waals surface area contributed by atoms with Gasteiger partial charge in [0.15, 0.2) is 6.29 Å². The van der Waals surface area contributed by atoms with Gasteiger partial charge in [0.25, 0.3) is 0 Å². The van der Waals surface area contributed by atoms with Crippen LogP contribution in [0.25, 0.3) is 0 Å². The minimum absolute atomic E-state index is 0.0134. The second-order valence-electron chi connectivity index (χ2n) is 3.80. The lowest BCUT2D eigenvalue weighted by Gasteiger charge is -2.24. The van der Waals surface area contributed by atoms with Crippen LogP contribution in [0.15, 0.2) is 35.2 Å². The van der Waals surface area contributed by atoms with Crippen LogP contribution in [0.1, 0.15) is 0 Å². The fourth-order valence-corrected chi connectivity index (χ4v) is 3.01. The Morgan fingerprint density at radius 3 is 2.26 bits per heavy atom. The Bertz CT molecular complexity index is 458. The van der Waals surface area contributed by atoms with Crippen LogP contribution in [0.3, 0.4) is 0 Å². The SMILES string of the molecule is COC(CN(CCO)S(=O)(=O)c1ccccc1)OC. The minimum atomic E-state index is -3.67. The Balaban J connectivity index is 2.98. The first-order valence-electron chi connectivity index (χ1n) is 5.78. The van der Waals surface area contributed by atoms with Crippen LogP contribution < -0.4 is 0 Å². The number of rotatable bonds is 8. The lowest BCUT2D eigenvalue weighted by atomic mass is 10.4. The van der Waals surface area contributed by atoms with Gasteiger partial charge in [-0.25, -0.2) is 8.42 Å². The Hall–Kier alpha value is -0.990. The van der Waals surface area contributed by atoms with Gasteiger partial charge in [-0.1, -0.05) is 18.2 Å². The molecule has 0 radical (unpaired) electrons. The summed E-state index contributed by atoms with van der Waals surface area (Å²) in [7, 11) is -0.803. The Labute approximate surface area is 113 Å². The molecule has 0 aromatic heterocycles. The van der Waals surface area contributed by atoms with Gasteiger partial charge in [-0.15, -0.1) is 0 Å². The van der Waals surface area contributed by atoms with Crippen LogP contribution in [-0.4, -0.2) is 58.0 Å². The summed E-state index contributed by atoms with van der Waals surface area (Å²) in [5.41, 5.74) is 0. The molecule has 7 heteroatoms. The van der Waals surface area contributed by atoms with Crippen molar-refractivity contribution in [2.24, 2.45) is 0 Å². The lowest BCUT2D eigenvalue weighted by Crippen LogP contribution is -2.40. The number of hydrogen-bond donors (Lipinski definition) is 1. The highest BCUT2D eigenvalue weighted by molar-refractivity contribution is 7.89. The Kier molecular flexibility index (Phi) is 6.40. The summed E-state index contributed by atoms with van der Waals surface area (Å²) in [6.45, 7) is -0.266. The third-order valence-electron chi connectivity index (χ3n) is 2.61. The van der Waals surface area contributed by atoms with Crippen LogP contribution in [-0.2, 0) is 19.5 Å². The number of aliphatic hydroxyl groups excluding tert-OH is 1. The molecule has 0 spiro atoms. The zero-order chi connectivity index (χ0) is 14.3. The molecule has 1 aromatic rings. The number of methoxy groups -OCH3 is 2. The van der Waals surface area contributed by atoms with Crippen LogP contribution in [0.4, 0.5) is 0 Å². The molecule has 0 amide bonds. The molecule has 0 bridgehead atoms. The van der Waals surface area contributed by atoms with Crippen molar-refractivity contribution in [3.63, 3.8) is 0 Å². The van der Waals surface area contributed by atoms with Crippen molar-refractivity contribution in [1.82, 2.24) is 4.31 Å². The van der Waals surface area contributed by atoms with Gasteiger partial charge < -0.3 is 14.6 Å². The van der Waals surface area contributed by atoms with E-state index in [1.165, 1.54) is 26.4 Å². The summed E-state index contributed by atoms with van der Waals surface area (Å²) in [5, 5.41) is 9.02. The van der Waals surface area contributed by atoms with E-state index in [0.29, 0.717) is 0 Å². The maximum Gasteiger partial charge on any atom is 0.243 e. The summed E-state index contributed by atoms with van der Waals surface area (Å²) in [6.07, 6.45) is -0.676. The molecule has 1 N–H and O–H groups in total. The van der Waals surface area contributed by atoms with E-state index in [1.807, 2.05) is 0 Å². The molecular formula is C12H19NO5S. The molecule has 0 saturated heterocycles. The highest BCUT2D eigenvalue weighted by Crippen LogP contribution is 2.15. The maximum absolute atomic E-state index is 12.4. The second kappa shape index (κ2) is 7.56. The van der Waals surface area contributed by atoms with Crippen molar-refractivity contribution < 1.29 is 23.0 Å². The fourth-order valence-electron chi connectivity index (χ4n) is 1.57. The number of nitrogens with zero attached hydrogens (tertiary/aromatic N) is 1. The third-order valence-corrected chi connectivity index (χ3v) is 4.49. The average molecular weight is 289 g/mol. The van der Waals surface area contributed by atoms with Gasteiger partial charge in [-0.3, -0.25) is 0 Å². The number of hydrogen-bond acceptors (Lipinski definition) is 5. The monoisotopic (exact) mass is 289 g/mol. The maximum atomic E-state index is 12.4. The first-order chi connectivity index (χ1) is 9.06. The van der Waals surface area contributed by atoms with Crippen molar-refractivity contribution in [3.8, 4) is 0 Å². The smallest absolute Gasteiger partial charge is 0.243 e. The van der Waals surface area contributed by atoms with Crippen LogP contribution in [0.5, 0.6) is 0 Å². The van der Waals surface area contributed by atoms with Crippen molar-refractivity contribution in [3.05, 3.63) is 30.3 Å². The summed E-state index contributed by atoms with van der Waals surface area (Å²) >= 11 is 0. The number of ether oxygens (including phenoxy) is 2. The number of sulfonamides is 1. The van der Waals surface area contributed by atoms with E-state index in [2.05, 4.69) is 0 Å².